The summed E-state index contributed by atoms with van der Waals surface area (Å²) in [6.07, 6.45) is 1.46. The molecule has 0 aromatic heterocycles. The van der Waals surface area contributed by atoms with Gasteiger partial charge < -0.3 is 15.0 Å². The summed E-state index contributed by atoms with van der Waals surface area (Å²) < 4.78 is 19.9. The van der Waals surface area contributed by atoms with Gasteiger partial charge in [0.15, 0.2) is 0 Å². The molecule has 4 rings (SSSR count). The molecule has 2 saturated heterocycles. The second kappa shape index (κ2) is 9.32. The second-order valence-electron chi connectivity index (χ2n) is 6.99. The quantitative estimate of drug-likeness (QED) is 0.717. The van der Waals surface area contributed by atoms with Gasteiger partial charge in [0.2, 0.25) is 5.91 Å². The van der Waals surface area contributed by atoms with E-state index in [0.29, 0.717) is 43.2 Å². The van der Waals surface area contributed by atoms with E-state index in [1.165, 1.54) is 12.1 Å². The van der Waals surface area contributed by atoms with Crippen LogP contribution >= 0.6 is 11.8 Å². The summed E-state index contributed by atoms with van der Waals surface area (Å²) in [7, 11) is 0. The fourth-order valence-electron chi connectivity index (χ4n) is 3.33. The fourth-order valence-corrected chi connectivity index (χ4v) is 4.17. The first-order chi connectivity index (χ1) is 15.0. The van der Waals surface area contributed by atoms with Gasteiger partial charge in [0, 0.05) is 18.8 Å². The number of nitrogens with one attached hydrogen (secondary N) is 1. The lowest BCUT2D eigenvalue weighted by atomic mass is 10.1. The third-order valence-corrected chi connectivity index (χ3v) is 5.76. The molecule has 1 N–H and O–H groups in total. The standard InChI is InChI=1S/C22H20FN3O4S/c23-17-12-15(6-7-18(17)25-8-10-30-11-9-25)13-19-21(28)26(22(29)31-19)14-20(27)24-16-4-2-1-3-5-16/h1-7,12-13H,8-11,14H2,(H,24,27)/b19-13-. The van der Waals surface area contributed by atoms with Crippen LogP contribution in [0.2, 0.25) is 0 Å². The molecule has 2 aliphatic rings. The Labute approximate surface area is 182 Å². The Morgan fingerprint density at radius 2 is 1.87 bits per heavy atom. The van der Waals surface area contributed by atoms with Crippen molar-refractivity contribution in [2.45, 2.75) is 0 Å². The number of hydrogen-bond donors (Lipinski definition) is 1. The number of nitrogens with zero attached hydrogens (tertiary/aromatic N) is 2. The topological polar surface area (TPSA) is 79.0 Å². The second-order valence-corrected chi connectivity index (χ2v) is 7.99. The van der Waals surface area contributed by atoms with Gasteiger partial charge in [0.25, 0.3) is 11.1 Å². The van der Waals surface area contributed by atoms with Crippen molar-refractivity contribution in [1.82, 2.24) is 4.90 Å². The Kier molecular flexibility index (Phi) is 6.34. The Hall–Kier alpha value is -3.17. The zero-order chi connectivity index (χ0) is 21.8. The minimum absolute atomic E-state index is 0.149. The molecule has 9 heteroatoms. The highest BCUT2D eigenvalue weighted by atomic mass is 32.2. The van der Waals surface area contributed by atoms with Crippen LogP contribution in [0, 0.1) is 5.82 Å². The minimum Gasteiger partial charge on any atom is -0.378 e. The van der Waals surface area contributed by atoms with Crippen LogP contribution < -0.4 is 10.2 Å². The monoisotopic (exact) mass is 441 g/mol. The number of morpholine rings is 1. The van der Waals surface area contributed by atoms with Crippen LogP contribution in [0.25, 0.3) is 6.08 Å². The summed E-state index contributed by atoms with van der Waals surface area (Å²) in [6.45, 7) is 1.93. The molecule has 31 heavy (non-hydrogen) atoms. The summed E-state index contributed by atoms with van der Waals surface area (Å²) in [5.74, 6) is -1.45. The zero-order valence-electron chi connectivity index (χ0n) is 16.5. The average Bonchev–Trinajstić information content (AvgIpc) is 3.02. The third kappa shape index (κ3) is 4.95. The molecule has 0 aliphatic carbocycles. The minimum atomic E-state index is -0.573. The Morgan fingerprint density at radius 3 is 2.58 bits per heavy atom. The van der Waals surface area contributed by atoms with Gasteiger partial charge in [-0.3, -0.25) is 19.3 Å². The van der Waals surface area contributed by atoms with Crippen molar-refractivity contribution in [3.8, 4) is 0 Å². The Bertz CT molecular complexity index is 1040. The van der Waals surface area contributed by atoms with Crippen LogP contribution in [0.5, 0.6) is 0 Å². The van der Waals surface area contributed by atoms with Crippen molar-refractivity contribution in [2.24, 2.45) is 0 Å². The lowest BCUT2D eigenvalue weighted by molar-refractivity contribution is -0.127. The maximum atomic E-state index is 14.6. The lowest BCUT2D eigenvalue weighted by Gasteiger charge is -2.29. The number of ether oxygens (including phenoxy) is 1. The lowest BCUT2D eigenvalue weighted by Crippen LogP contribution is -2.36. The molecule has 2 aliphatic heterocycles. The number of rotatable bonds is 5. The molecule has 0 radical (unpaired) electrons. The van der Waals surface area contributed by atoms with E-state index in [1.54, 1.807) is 36.4 Å². The normalized spacial score (nSPS) is 18.0. The van der Waals surface area contributed by atoms with E-state index in [9.17, 15) is 18.8 Å². The van der Waals surface area contributed by atoms with Gasteiger partial charge in [-0.05, 0) is 47.7 Å². The highest BCUT2D eigenvalue weighted by Gasteiger charge is 2.36. The number of imide groups is 1. The number of benzene rings is 2. The molecule has 3 amide bonds. The largest absolute Gasteiger partial charge is 0.378 e. The van der Waals surface area contributed by atoms with Gasteiger partial charge in [-0.2, -0.15) is 0 Å². The number of amides is 3. The molecule has 0 spiro atoms. The van der Waals surface area contributed by atoms with Crippen LogP contribution in [-0.2, 0) is 14.3 Å². The molecule has 160 valence electrons. The summed E-state index contributed by atoms with van der Waals surface area (Å²) in [4.78, 5) is 40.0. The van der Waals surface area contributed by atoms with Crippen LogP contribution in [0.15, 0.2) is 53.4 Å². The van der Waals surface area contributed by atoms with Gasteiger partial charge in [-0.25, -0.2) is 4.39 Å². The van der Waals surface area contributed by atoms with E-state index in [1.807, 2.05) is 11.0 Å². The Morgan fingerprint density at radius 1 is 1.13 bits per heavy atom. The van der Waals surface area contributed by atoms with Crippen molar-refractivity contribution in [3.05, 3.63) is 64.8 Å². The van der Waals surface area contributed by atoms with E-state index < -0.39 is 22.9 Å². The third-order valence-electron chi connectivity index (χ3n) is 4.85. The first kappa shape index (κ1) is 21.1. The molecule has 2 aromatic carbocycles. The number of carbonyl (C=O) groups is 3. The van der Waals surface area contributed by atoms with Gasteiger partial charge in [-0.1, -0.05) is 24.3 Å². The van der Waals surface area contributed by atoms with E-state index in [2.05, 4.69) is 5.32 Å². The van der Waals surface area contributed by atoms with E-state index in [0.717, 1.165) is 16.7 Å². The average molecular weight is 441 g/mol. The van der Waals surface area contributed by atoms with Gasteiger partial charge in [0.05, 0.1) is 23.8 Å². The summed E-state index contributed by atoms with van der Waals surface area (Å²) in [6, 6.07) is 13.5. The molecule has 2 fully saturated rings. The number of carbonyl (C=O) groups excluding carboxylic acids is 3. The molecular formula is C22H20FN3O4S. The molecule has 0 bridgehead atoms. The first-order valence-corrected chi connectivity index (χ1v) is 10.6. The molecule has 2 heterocycles. The Balaban J connectivity index is 1.44. The van der Waals surface area contributed by atoms with Crippen molar-refractivity contribution in [3.63, 3.8) is 0 Å². The predicted octanol–water partition coefficient (Wildman–Crippen LogP) is 3.34. The van der Waals surface area contributed by atoms with Gasteiger partial charge in [0.1, 0.15) is 12.4 Å². The highest BCUT2D eigenvalue weighted by Crippen LogP contribution is 2.33. The number of anilines is 2. The van der Waals surface area contributed by atoms with Gasteiger partial charge >= 0.3 is 0 Å². The molecule has 0 atom stereocenters. The van der Waals surface area contributed by atoms with Crippen LogP contribution in [0.1, 0.15) is 5.56 Å². The van der Waals surface area contributed by atoms with Crippen molar-refractivity contribution >= 4 is 46.3 Å². The SMILES string of the molecule is O=C(CN1C(=O)S/C(=C\c2ccc(N3CCOCC3)c(F)c2)C1=O)Nc1ccccc1. The number of para-hydroxylation sites is 1. The van der Waals surface area contributed by atoms with Crippen molar-refractivity contribution in [1.29, 1.82) is 0 Å². The predicted molar refractivity (Wildman–Crippen MR) is 117 cm³/mol. The first-order valence-electron chi connectivity index (χ1n) is 9.74. The van der Waals surface area contributed by atoms with Crippen molar-refractivity contribution < 1.29 is 23.5 Å². The van der Waals surface area contributed by atoms with Crippen LogP contribution in [-0.4, -0.2) is 54.8 Å². The molecule has 0 saturated carbocycles. The maximum absolute atomic E-state index is 14.6. The van der Waals surface area contributed by atoms with E-state index in [-0.39, 0.29) is 11.4 Å². The van der Waals surface area contributed by atoms with Crippen LogP contribution in [0.4, 0.5) is 20.6 Å². The number of halogens is 1. The van der Waals surface area contributed by atoms with Gasteiger partial charge in [-0.15, -0.1) is 0 Å². The fraction of sp³-hybridized carbons (Fsp3) is 0.227. The summed E-state index contributed by atoms with van der Waals surface area (Å²) in [5, 5.41) is 2.11. The summed E-state index contributed by atoms with van der Waals surface area (Å²) in [5.41, 5.74) is 1.52. The molecular weight excluding hydrogens is 421 g/mol. The molecule has 0 unspecified atom stereocenters. The van der Waals surface area contributed by atoms with E-state index >= 15 is 0 Å². The smallest absolute Gasteiger partial charge is 0.294 e. The van der Waals surface area contributed by atoms with Crippen molar-refractivity contribution in [2.75, 3.05) is 43.1 Å². The van der Waals surface area contributed by atoms with E-state index in [4.69, 9.17) is 4.74 Å². The zero-order valence-corrected chi connectivity index (χ0v) is 17.4. The summed E-state index contributed by atoms with van der Waals surface area (Å²) >= 11 is 0.732. The van der Waals surface area contributed by atoms with Crippen LogP contribution in [0.3, 0.4) is 0 Å². The highest BCUT2D eigenvalue weighted by molar-refractivity contribution is 8.18. The number of hydrogen-bond acceptors (Lipinski definition) is 6. The number of thioether (sulfide) groups is 1. The molecule has 7 nitrogen and oxygen atoms in total. The maximum Gasteiger partial charge on any atom is 0.294 e. The molecule has 2 aromatic rings.